The van der Waals surface area contributed by atoms with Gasteiger partial charge in [0.05, 0.1) is 23.8 Å². The van der Waals surface area contributed by atoms with Crippen LogP contribution in [0, 0.1) is 17.6 Å². The number of carbonyl (C=O) groups is 2. The number of aromatic nitrogens is 1. The van der Waals surface area contributed by atoms with Crippen LogP contribution in [0.3, 0.4) is 0 Å². The quantitative estimate of drug-likeness (QED) is 0.257. The van der Waals surface area contributed by atoms with Gasteiger partial charge in [0.25, 0.3) is 5.91 Å². The van der Waals surface area contributed by atoms with Crippen molar-refractivity contribution in [3.63, 3.8) is 0 Å². The van der Waals surface area contributed by atoms with Gasteiger partial charge in [-0.25, -0.2) is 18.2 Å². The van der Waals surface area contributed by atoms with Crippen molar-refractivity contribution in [1.82, 2.24) is 15.0 Å². The maximum atomic E-state index is 14.4. The number of benzene rings is 2. The molecule has 3 heterocycles. The number of primary amides is 1. The molecule has 2 aliphatic carbocycles. The van der Waals surface area contributed by atoms with E-state index in [9.17, 15) is 22.8 Å². The third kappa shape index (κ3) is 5.31. The standard InChI is InChI=1S/C34H30ClF3N4O4/c1-33(32(39)44)15-46-30-22(33)11-26(42-29(30)20-10-24(36)25(37)12-23(20)35)21(16-3-4-16)14-40-31(43)18-7-17-8-19(13-34(38)5-6-34)41-28(17)27(9-18)45-2/h7-12,16,21H,3-6,13-15H2,1-2H3,(H2-,39,40,43,44)/p+1/t21-,33-/m0/s1. The van der Waals surface area contributed by atoms with Crippen molar-refractivity contribution in [2.24, 2.45) is 11.7 Å². The molecule has 0 spiro atoms. The number of halogens is 4. The summed E-state index contributed by atoms with van der Waals surface area (Å²) in [5, 5.41) is 4.19. The molecule has 0 unspecified atom stereocenters. The van der Waals surface area contributed by atoms with Crippen molar-refractivity contribution < 1.29 is 32.2 Å². The summed E-state index contributed by atoms with van der Waals surface area (Å²) in [7, 11) is 1.49. The van der Waals surface area contributed by atoms with Gasteiger partial charge in [0.1, 0.15) is 29.1 Å². The van der Waals surface area contributed by atoms with E-state index < -0.39 is 28.6 Å². The molecular weight excluding hydrogens is 621 g/mol. The summed E-state index contributed by atoms with van der Waals surface area (Å²) in [6.45, 7) is 1.79. The minimum atomic E-state index is -1.20. The fourth-order valence-electron chi connectivity index (χ4n) is 6.23. The van der Waals surface area contributed by atoms with Crippen molar-refractivity contribution in [2.45, 2.75) is 56.0 Å². The van der Waals surface area contributed by atoms with Gasteiger partial charge in [-0.2, -0.15) is 0 Å². The monoisotopic (exact) mass is 651 g/mol. The predicted molar refractivity (Wildman–Crippen MR) is 165 cm³/mol. The van der Waals surface area contributed by atoms with Crippen molar-refractivity contribution in [3.05, 3.63) is 74.4 Å². The summed E-state index contributed by atoms with van der Waals surface area (Å²) in [4.78, 5) is 31.0. The molecule has 8 nitrogen and oxygen atoms in total. The molecule has 12 heteroatoms. The Kier molecular flexibility index (Phi) is 7.17. The average molecular weight is 652 g/mol. The second kappa shape index (κ2) is 10.9. The molecule has 46 heavy (non-hydrogen) atoms. The van der Waals surface area contributed by atoms with Crippen LogP contribution in [0.5, 0.6) is 11.5 Å². The van der Waals surface area contributed by atoms with E-state index in [1.165, 1.54) is 7.11 Å². The van der Waals surface area contributed by atoms with E-state index in [1.54, 1.807) is 31.2 Å². The van der Waals surface area contributed by atoms with Crippen LogP contribution in [0.1, 0.15) is 66.6 Å². The van der Waals surface area contributed by atoms with Gasteiger partial charge in [-0.15, -0.1) is 0 Å². The summed E-state index contributed by atoms with van der Waals surface area (Å²) < 4.78 is 58.8. The van der Waals surface area contributed by atoms with Gasteiger partial charge in [-0.05, 0) is 62.8 Å². The first-order valence-electron chi connectivity index (χ1n) is 15.1. The van der Waals surface area contributed by atoms with Crippen LogP contribution in [-0.4, -0.2) is 48.4 Å². The summed E-state index contributed by atoms with van der Waals surface area (Å²) in [5.41, 5.74) is 5.63. The number of ether oxygens (including phenoxy) is 2. The Labute approximate surface area is 267 Å². The molecule has 2 saturated carbocycles. The number of nitrogens with zero attached hydrogens (tertiary/aromatic N) is 2. The summed E-state index contributed by atoms with van der Waals surface area (Å²) >= 11 is 6.37. The minimum Gasteiger partial charge on any atom is -0.489 e. The molecule has 2 aromatic carbocycles. The number of methoxy groups -OCH3 is 1. The van der Waals surface area contributed by atoms with Gasteiger partial charge < -0.3 is 20.5 Å². The Hall–Kier alpha value is -4.34. The minimum absolute atomic E-state index is 0.0587. The molecule has 0 radical (unpaired) electrons. The first-order valence-corrected chi connectivity index (χ1v) is 15.5. The van der Waals surface area contributed by atoms with Crippen LogP contribution in [0.2, 0.25) is 5.02 Å². The fraction of sp³-hybridized carbons (Fsp3) is 0.382. The predicted octanol–water partition coefficient (Wildman–Crippen LogP) is 3.56. The van der Waals surface area contributed by atoms with Gasteiger partial charge in [0, 0.05) is 47.0 Å². The van der Waals surface area contributed by atoms with Crippen LogP contribution >= 0.6 is 11.6 Å². The number of hydrogen-bond acceptors (Lipinski definition) is 5. The molecule has 2 amide bonds. The number of hydrogen-bond donors (Lipinski definition) is 2. The summed E-state index contributed by atoms with van der Waals surface area (Å²) in [6.07, 6.45) is 4.84. The highest BCUT2D eigenvalue weighted by atomic mass is 35.5. The fourth-order valence-corrected chi connectivity index (χ4v) is 6.47. The van der Waals surface area contributed by atoms with Gasteiger partial charge in [-0.3, -0.25) is 9.59 Å². The number of rotatable bonds is 10. The van der Waals surface area contributed by atoms with E-state index in [-0.39, 0.29) is 59.3 Å². The molecule has 238 valence electrons. The molecule has 4 aliphatic rings. The molecule has 2 fully saturated rings. The van der Waals surface area contributed by atoms with Crippen LogP contribution in [0.4, 0.5) is 13.2 Å². The summed E-state index contributed by atoms with van der Waals surface area (Å²) in [5.74, 6) is -2.67. The Balaban J connectivity index is 1.22. The second-order valence-corrected chi connectivity index (χ2v) is 13.3. The lowest BCUT2D eigenvalue weighted by molar-refractivity contribution is -0.123. The number of pyridine rings is 1. The van der Waals surface area contributed by atoms with Crippen LogP contribution in [-0.2, 0) is 10.2 Å². The van der Waals surface area contributed by atoms with E-state index in [0.29, 0.717) is 51.7 Å². The Morgan fingerprint density at radius 3 is 2.61 bits per heavy atom. The van der Waals surface area contributed by atoms with Gasteiger partial charge in [0.15, 0.2) is 11.6 Å². The van der Waals surface area contributed by atoms with Crippen LogP contribution < -0.4 is 35.8 Å². The first kappa shape index (κ1) is 30.3. The zero-order valence-corrected chi connectivity index (χ0v) is 25.9. The van der Waals surface area contributed by atoms with Crippen molar-refractivity contribution in [3.8, 4) is 22.8 Å². The molecule has 0 saturated heterocycles. The number of nitrogens with two attached hydrogens (primary N) is 1. The number of alkyl halides is 1. The van der Waals surface area contributed by atoms with Gasteiger partial charge in [0.2, 0.25) is 11.7 Å². The van der Waals surface area contributed by atoms with Crippen LogP contribution in [0.25, 0.3) is 17.3 Å². The largest absolute Gasteiger partial charge is 0.489 e. The molecular formula is C34H31ClF3N4O4+. The zero-order valence-electron chi connectivity index (χ0n) is 25.2. The molecule has 0 bridgehead atoms. The molecule has 7 rings (SSSR count). The third-order valence-electron chi connectivity index (χ3n) is 9.41. The zero-order chi connectivity index (χ0) is 32.5. The van der Waals surface area contributed by atoms with Crippen molar-refractivity contribution in [2.75, 3.05) is 20.3 Å². The maximum Gasteiger partial charge on any atom is 0.376 e. The topological polar surface area (TPSA) is 118 Å². The Morgan fingerprint density at radius 2 is 1.93 bits per heavy atom. The van der Waals surface area contributed by atoms with E-state index in [4.69, 9.17) is 31.8 Å². The number of amides is 2. The Bertz CT molecular complexity index is 2010. The lowest BCUT2D eigenvalue weighted by Gasteiger charge is -2.22. The SMILES string of the molecule is COc1cc(C(=O)NC[C@H](c2cc3c(c(-c4cc(F)c(F)cc4Cl)n2)OC[C@]3(C)C(N)=O)C2CC2)cc2c1=[N+]=C(CC1(F)CC1)C=2. The van der Waals surface area contributed by atoms with Crippen molar-refractivity contribution in [1.29, 1.82) is 0 Å². The second-order valence-electron chi connectivity index (χ2n) is 12.8. The lowest BCUT2D eigenvalue weighted by Crippen LogP contribution is -2.40. The summed E-state index contributed by atoms with van der Waals surface area (Å²) in [6, 6.07) is 6.89. The highest BCUT2D eigenvalue weighted by molar-refractivity contribution is 6.33. The smallest absolute Gasteiger partial charge is 0.376 e. The van der Waals surface area contributed by atoms with Gasteiger partial charge in [-0.1, -0.05) is 16.3 Å². The highest BCUT2D eigenvalue weighted by Gasteiger charge is 2.47. The normalized spacial score (nSPS) is 20.8. The average Bonchev–Trinajstić information content (AvgIpc) is 3.92. The van der Waals surface area contributed by atoms with Crippen LogP contribution in [0.15, 0.2) is 30.3 Å². The van der Waals surface area contributed by atoms with E-state index >= 15 is 0 Å². The van der Waals surface area contributed by atoms with E-state index in [2.05, 4.69) is 9.98 Å². The molecule has 3 aromatic rings. The van der Waals surface area contributed by atoms with Gasteiger partial charge >= 0.3 is 11.1 Å². The number of fused-ring (bicyclic) bond motifs is 2. The number of carbonyl (C=O) groups excluding carboxylic acids is 2. The molecule has 1 aromatic heterocycles. The van der Waals surface area contributed by atoms with Crippen molar-refractivity contribution >= 4 is 35.2 Å². The van der Waals surface area contributed by atoms with E-state index in [1.807, 2.05) is 0 Å². The maximum absolute atomic E-state index is 14.4. The lowest BCUT2D eigenvalue weighted by atomic mass is 9.82. The molecule has 3 N–H and O–H groups in total. The van der Waals surface area contributed by atoms with E-state index in [0.717, 1.165) is 25.0 Å². The molecule has 2 atom stereocenters. The third-order valence-corrected chi connectivity index (χ3v) is 9.72. The highest BCUT2D eigenvalue weighted by Crippen LogP contribution is 2.49. The first-order chi connectivity index (χ1) is 21.9. The molecule has 2 aliphatic heterocycles. The Morgan fingerprint density at radius 1 is 1.20 bits per heavy atom. The number of nitrogens with one attached hydrogen (secondary N) is 1.